The molecule has 1 fully saturated rings. The second kappa shape index (κ2) is 18.9. The van der Waals surface area contributed by atoms with Gasteiger partial charge in [-0.2, -0.15) is 8.42 Å². The smallest absolute Gasteiger partial charge is 0.294 e. The Morgan fingerprint density at radius 1 is 1.08 bits per heavy atom. The van der Waals surface area contributed by atoms with Crippen LogP contribution in [0.25, 0.3) is 0 Å². The van der Waals surface area contributed by atoms with Crippen molar-refractivity contribution in [3.63, 3.8) is 0 Å². The maximum atomic E-state index is 14.4. The number of hydroxylamine groups is 1. The Bertz CT molecular complexity index is 1470. The largest absolute Gasteiger partial charge is 0.298 e. The molecule has 6 N–H and O–H groups in total. The Kier molecular flexibility index (Phi) is 16.0. The fourth-order valence-corrected chi connectivity index (χ4v) is 7.20. The van der Waals surface area contributed by atoms with Gasteiger partial charge in [0.15, 0.2) is 5.78 Å². The first-order chi connectivity index (χ1) is 22.6. The second-order valence-electron chi connectivity index (χ2n) is 13.3. The second-order valence-corrected chi connectivity index (χ2v) is 14.7. The lowest BCUT2D eigenvalue weighted by atomic mass is 9.65. The predicted octanol–water partition coefficient (Wildman–Crippen LogP) is 4.95. The van der Waals surface area contributed by atoms with E-state index in [2.05, 4.69) is 10.4 Å². The van der Waals surface area contributed by atoms with E-state index in [4.69, 9.17) is 10.4 Å². The normalized spacial score (nSPS) is 16.2. The van der Waals surface area contributed by atoms with E-state index in [0.29, 0.717) is 24.5 Å². The fourth-order valence-electron chi connectivity index (χ4n) is 6.72. The van der Waals surface area contributed by atoms with E-state index < -0.39 is 50.9 Å². The molecule has 0 aliphatic heterocycles. The number of rotatable bonds is 15. The van der Waals surface area contributed by atoms with Gasteiger partial charge in [-0.25, -0.2) is 16.3 Å². The molecule has 2 amide bonds. The first-order valence-electron chi connectivity index (χ1n) is 16.7. The molecule has 0 bridgehead atoms. The van der Waals surface area contributed by atoms with Crippen LogP contribution in [0.5, 0.6) is 0 Å². The quantitative estimate of drug-likeness (QED) is 0.0423. The van der Waals surface area contributed by atoms with Gasteiger partial charge in [-0.15, -0.1) is 0 Å². The highest BCUT2D eigenvalue weighted by molar-refractivity contribution is 7.85. The molecule has 0 spiro atoms. The monoisotopic (exact) mass is 691 g/mol. The highest BCUT2D eigenvalue weighted by atomic mass is 32.2. The number of amides is 2. The Morgan fingerprint density at radius 3 is 2.19 bits per heavy atom. The zero-order valence-electron chi connectivity index (χ0n) is 28.8. The average molecular weight is 692 g/mol. The Labute approximate surface area is 284 Å². The lowest BCUT2D eigenvalue weighted by Gasteiger charge is -2.36. The SMILES string of the molecule is CCCC(CC(C)C)(C(=O)NN)C(=O)[C@H](C(=O)n1cnc(C)c1)[C@H](CCCC1CCCCC1)C(=O)NO.Cc1ccc(S(=O)(=O)O)cc1. The first-order valence-corrected chi connectivity index (χ1v) is 18.1. The highest BCUT2D eigenvalue weighted by Gasteiger charge is 2.53. The van der Waals surface area contributed by atoms with Crippen molar-refractivity contribution in [1.29, 1.82) is 0 Å². The van der Waals surface area contributed by atoms with Crippen LogP contribution in [0.4, 0.5) is 0 Å². The third kappa shape index (κ3) is 11.3. The minimum Gasteiger partial charge on any atom is -0.298 e. The Hall–Kier alpha value is -3.46. The van der Waals surface area contributed by atoms with Crippen molar-refractivity contribution in [2.75, 3.05) is 0 Å². The number of carbonyl (C=O) groups excluding carboxylic acids is 4. The van der Waals surface area contributed by atoms with Crippen LogP contribution in [-0.4, -0.2) is 51.2 Å². The van der Waals surface area contributed by atoms with Crippen molar-refractivity contribution in [1.82, 2.24) is 20.5 Å². The number of carbonyl (C=O) groups is 4. The molecule has 268 valence electrons. The first kappa shape index (κ1) is 40.7. The molecule has 1 heterocycles. The maximum absolute atomic E-state index is 14.4. The van der Waals surface area contributed by atoms with E-state index >= 15 is 0 Å². The molecule has 3 atom stereocenters. The molecular formula is C34H53N5O8S. The van der Waals surface area contributed by atoms with Gasteiger partial charge < -0.3 is 0 Å². The number of aromatic nitrogens is 2. The van der Waals surface area contributed by atoms with E-state index in [-0.39, 0.29) is 30.1 Å². The molecule has 13 nitrogen and oxygen atoms in total. The van der Waals surface area contributed by atoms with Gasteiger partial charge in [-0.1, -0.05) is 89.8 Å². The molecule has 1 aromatic carbocycles. The maximum Gasteiger partial charge on any atom is 0.294 e. The van der Waals surface area contributed by atoms with E-state index in [1.165, 1.54) is 48.5 Å². The number of hydrogen-bond acceptors (Lipinski definition) is 9. The number of hydrogen-bond donors (Lipinski definition) is 5. The van der Waals surface area contributed by atoms with E-state index in [0.717, 1.165) is 24.8 Å². The summed E-state index contributed by atoms with van der Waals surface area (Å²) < 4.78 is 30.7. The van der Waals surface area contributed by atoms with E-state index in [1.54, 1.807) is 24.5 Å². The summed E-state index contributed by atoms with van der Waals surface area (Å²) in [7, 11) is -4.02. The summed E-state index contributed by atoms with van der Waals surface area (Å²) in [6.45, 7) is 9.18. The number of hydrazine groups is 1. The average Bonchev–Trinajstić information content (AvgIpc) is 3.49. The van der Waals surface area contributed by atoms with E-state index in [9.17, 15) is 32.8 Å². The number of Topliss-reactive ketones (excluding diaryl/α,β-unsaturated/α-hetero) is 1. The van der Waals surface area contributed by atoms with Gasteiger partial charge >= 0.3 is 0 Å². The molecule has 1 unspecified atom stereocenters. The summed E-state index contributed by atoms with van der Waals surface area (Å²) in [6, 6.07) is 5.99. The molecule has 0 saturated heterocycles. The number of aryl methyl sites for hydroxylation is 2. The molecule has 1 saturated carbocycles. The highest BCUT2D eigenvalue weighted by Crippen LogP contribution is 2.40. The van der Waals surface area contributed by atoms with Crippen molar-refractivity contribution < 1.29 is 37.4 Å². The van der Waals surface area contributed by atoms with Crippen molar-refractivity contribution >= 4 is 33.6 Å². The van der Waals surface area contributed by atoms with Crippen molar-refractivity contribution in [2.45, 2.75) is 110 Å². The lowest BCUT2D eigenvalue weighted by molar-refractivity contribution is -0.150. The molecule has 1 aliphatic rings. The molecule has 2 aromatic rings. The number of ketones is 1. The summed E-state index contributed by atoms with van der Waals surface area (Å²) in [6.07, 6.45) is 11.3. The molecule has 1 aliphatic carbocycles. The molecule has 1 aromatic heterocycles. The third-order valence-corrected chi connectivity index (χ3v) is 9.87. The van der Waals surface area contributed by atoms with Gasteiger partial charge in [0.1, 0.15) is 17.7 Å². The minimum absolute atomic E-state index is 0.0598. The number of benzene rings is 1. The standard InChI is InChI=1S/C27H45N5O5.C7H8O3S/c1-5-14-27(15-18(2)3,26(36)30-28)23(33)22(25(35)32-16-19(4)29-17-32)21(24(34)31-37)13-9-12-20-10-7-6-8-11-20;1-6-2-4-7(5-3-6)11(8,9)10/h16-18,20-22,37H,5-15,28H2,1-4H3,(H,30,36)(H,31,34);2-5H,1H3,(H,8,9,10)/t21-,22+,27?;/m0./s1. The number of nitrogens with zero attached hydrogens (tertiary/aromatic N) is 2. The zero-order chi connectivity index (χ0) is 36.1. The summed E-state index contributed by atoms with van der Waals surface area (Å²) in [5.74, 6) is 0.629. The number of nitrogens with two attached hydrogens (primary N) is 1. The van der Waals surface area contributed by atoms with Crippen LogP contribution in [0.1, 0.15) is 107 Å². The minimum atomic E-state index is -4.02. The summed E-state index contributed by atoms with van der Waals surface area (Å²) in [5, 5.41) is 9.61. The topological polar surface area (TPSA) is 211 Å². The summed E-state index contributed by atoms with van der Waals surface area (Å²) >= 11 is 0. The molecule has 48 heavy (non-hydrogen) atoms. The van der Waals surface area contributed by atoms with Crippen LogP contribution in [-0.2, 0) is 24.5 Å². The van der Waals surface area contributed by atoms with Crippen LogP contribution in [0, 0.1) is 42.9 Å². The van der Waals surface area contributed by atoms with Crippen LogP contribution in [0.3, 0.4) is 0 Å². The fraction of sp³-hybridized carbons (Fsp3) is 0.618. The number of nitrogens with one attached hydrogen (secondary N) is 2. The van der Waals surface area contributed by atoms with Crippen LogP contribution in [0.2, 0.25) is 0 Å². The Morgan fingerprint density at radius 2 is 1.71 bits per heavy atom. The lowest BCUT2D eigenvalue weighted by Crippen LogP contribution is -2.55. The Balaban J connectivity index is 0.000000613. The van der Waals surface area contributed by atoms with E-state index in [1.807, 2.05) is 27.7 Å². The van der Waals surface area contributed by atoms with Crippen LogP contribution >= 0.6 is 0 Å². The van der Waals surface area contributed by atoms with Crippen LogP contribution in [0.15, 0.2) is 41.7 Å². The molecule has 3 rings (SSSR count). The van der Waals surface area contributed by atoms with Crippen molar-refractivity contribution in [3.8, 4) is 0 Å². The van der Waals surface area contributed by atoms with Gasteiger partial charge in [0.25, 0.3) is 10.1 Å². The number of imidazole rings is 1. The van der Waals surface area contributed by atoms with Gasteiger partial charge in [-0.3, -0.25) is 38.9 Å². The summed E-state index contributed by atoms with van der Waals surface area (Å²) in [4.78, 5) is 58.5. The third-order valence-electron chi connectivity index (χ3n) is 9.01. The van der Waals surface area contributed by atoms with Crippen molar-refractivity contribution in [3.05, 3.63) is 48.0 Å². The molecular weight excluding hydrogens is 638 g/mol. The molecule has 14 heteroatoms. The van der Waals surface area contributed by atoms with Gasteiger partial charge in [0, 0.05) is 6.20 Å². The zero-order valence-corrected chi connectivity index (χ0v) is 29.6. The summed E-state index contributed by atoms with van der Waals surface area (Å²) in [5.41, 5.74) is 3.75. The van der Waals surface area contributed by atoms with Gasteiger partial charge in [-0.05, 0) is 57.1 Å². The predicted molar refractivity (Wildman–Crippen MR) is 180 cm³/mol. The van der Waals surface area contributed by atoms with Gasteiger partial charge in [0.2, 0.25) is 17.7 Å². The van der Waals surface area contributed by atoms with Crippen LogP contribution < -0.4 is 16.7 Å². The van der Waals surface area contributed by atoms with Crippen molar-refractivity contribution in [2.24, 2.45) is 34.9 Å². The molecule has 0 radical (unpaired) electrons. The van der Waals surface area contributed by atoms with Gasteiger partial charge in [0.05, 0.1) is 16.5 Å².